The fraction of sp³-hybridized carbons (Fsp3) is 0.190. The van der Waals surface area contributed by atoms with Crippen LogP contribution in [0.15, 0.2) is 54.9 Å². The first-order valence-corrected chi connectivity index (χ1v) is 8.82. The Morgan fingerprint density at radius 2 is 1.96 bits per heavy atom. The zero-order chi connectivity index (χ0) is 19.9. The number of nitriles is 1. The monoisotopic (exact) mass is 372 g/mol. The van der Waals surface area contributed by atoms with Gasteiger partial charge in [0.15, 0.2) is 0 Å². The molecule has 0 atom stereocenters. The summed E-state index contributed by atoms with van der Waals surface area (Å²) >= 11 is 0. The molecule has 0 unspecified atom stereocenters. The number of aryl methyl sites for hydroxylation is 1. The van der Waals surface area contributed by atoms with Crippen molar-refractivity contribution in [3.8, 4) is 6.07 Å². The van der Waals surface area contributed by atoms with E-state index in [9.17, 15) is 4.79 Å². The van der Waals surface area contributed by atoms with Gasteiger partial charge in [-0.2, -0.15) is 5.26 Å². The van der Waals surface area contributed by atoms with Gasteiger partial charge >= 0.3 is 0 Å². The molecule has 0 fully saturated rings. The Morgan fingerprint density at radius 1 is 1.18 bits per heavy atom. The molecule has 3 aromatic rings. The number of nitrogens with zero attached hydrogens (tertiary/aromatic N) is 5. The van der Waals surface area contributed by atoms with Crippen molar-refractivity contribution in [1.82, 2.24) is 15.0 Å². The predicted octanol–water partition coefficient (Wildman–Crippen LogP) is 2.98. The molecule has 1 N–H and O–H groups in total. The minimum Gasteiger partial charge on any atom is -0.359 e. The van der Waals surface area contributed by atoms with Crippen molar-refractivity contribution in [3.05, 3.63) is 77.5 Å². The molecule has 0 saturated carbocycles. The van der Waals surface area contributed by atoms with Crippen molar-refractivity contribution < 1.29 is 4.79 Å². The van der Waals surface area contributed by atoms with Crippen LogP contribution in [0.5, 0.6) is 0 Å². The normalized spacial score (nSPS) is 10.2. The van der Waals surface area contributed by atoms with Crippen molar-refractivity contribution in [2.75, 3.05) is 23.8 Å². The summed E-state index contributed by atoms with van der Waals surface area (Å²) in [6, 6.07) is 14.4. The van der Waals surface area contributed by atoms with E-state index in [4.69, 9.17) is 5.26 Å². The number of hydrogen-bond donors (Lipinski definition) is 1. The lowest BCUT2D eigenvalue weighted by Crippen LogP contribution is -2.23. The first-order chi connectivity index (χ1) is 13.5. The Morgan fingerprint density at radius 3 is 2.71 bits per heavy atom. The van der Waals surface area contributed by atoms with Gasteiger partial charge in [-0.25, -0.2) is 9.97 Å². The average Bonchev–Trinajstić information content (AvgIpc) is 2.72. The van der Waals surface area contributed by atoms with Crippen molar-refractivity contribution in [1.29, 1.82) is 5.26 Å². The highest BCUT2D eigenvalue weighted by Gasteiger charge is 2.13. The second-order valence-corrected chi connectivity index (χ2v) is 6.33. The van der Waals surface area contributed by atoms with Crippen LogP contribution in [-0.4, -0.2) is 34.5 Å². The molecule has 1 amide bonds. The molecule has 28 heavy (non-hydrogen) atoms. The molecule has 0 saturated heterocycles. The lowest BCUT2D eigenvalue weighted by molar-refractivity contribution is 0.102. The molecule has 2 heterocycles. The summed E-state index contributed by atoms with van der Waals surface area (Å²) in [5, 5.41) is 11.8. The highest BCUT2D eigenvalue weighted by molar-refractivity contribution is 6.03. The van der Waals surface area contributed by atoms with Crippen LogP contribution in [0.1, 0.15) is 27.4 Å². The number of hydrogen-bond acceptors (Lipinski definition) is 6. The smallest absolute Gasteiger partial charge is 0.274 e. The van der Waals surface area contributed by atoms with E-state index < -0.39 is 0 Å². The first kappa shape index (κ1) is 19.0. The topological polar surface area (TPSA) is 94.8 Å². The number of pyridine rings is 1. The Balaban J connectivity index is 1.73. The Hall–Kier alpha value is -3.79. The molecule has 7 nitrogen and oxygen atoms in total. The molecule has 140 valence electrons. The van der Waals surface area contributed by atoms with Crippen molar-refractivity contribution in [2.45, 2.75) is 13.3 Å². The summed E-state index contributed by atoms with van der Waals surface area (Å²) in [5.41, 5.74) is 2.49. The Labute approximate surface area is 163 Å². The van der Waals surface area contributed by atoms with E-state index in [1.165, 1.54) is 5.56 Å². The number of amides is 1. The average molecular weight is 372 g/mol. The van der Waals surface area contributed by atoms with Crippen LogP contribution < -0.4 is 10.2 Å². The van der Waals surface area contributed by atoms with E-state index in [-0.39, 0.29) is 11.6 Å². The number of carbonyl (C=O) groups is 1. The molecule has 2 aromatic heterocycles. The summed E-state index contributed by atoms with van der Waals surface area (Å²) < 4.78 is 0. The standard InChI is InChI=1S/C21H20N6O/c1-15-24-19(21(28)26-18-5-3-4-17(12-18)14-22)13-20(25-15)27(2)11-8-16-6-9-23-10-7-16/h3-7,9-10,12-13H,8,11H2,1-2H3,(H,26,28). The van der Waals surface area contributed by atoms with Gasteiger partial charge in [-0.05, 0) is 49.2 Å². The van der Waals surface area contributed by atoms with Gasteiger partial charge in [0.05, 0.1) is 11.6 Å². The Kier molecular flexibility index (Phi) is 5.92. The molecule has 0 aliphatic carbocycles. The number of carbonyl (C=O) groups excluding carboxylic acids is 1. The quantitative estimate of drug-likeness (QED) is 0.715. The lowest BCUT2D eigenvalue weighted by atomic mass is 10.2. The second kappa shape index (κ2) is 8.73. The van der Waals surface area contributed by atoms with Gasteiger partial charge in [0, 0.05) is 37.7 Å². The number of benzene rings is 1. The van der Waals surface area contributed by atoms with Gasteiger partial charge in [-0.15, -0.1) is 0 Å². The Bertz CT molecular complexity index is 1010. The number of rotatable bonds is 6. The van der Waals surface area contributed by atoms with Gasteiger partial charge in [0.2, 0.25) is 0 Å². The summed E-state index contributed by atoms with van der Waals surface area (Å²) in [4.78, 5) is 27.3. The van der Waals surface area contributed by atoms with Gasteiger partial charge in [-0.1, -0.05) is 6.07 Å². The fourth-order valence-corrected chi connectivity index (χ4v) is 2.69. The molecule has 7 heteroatoms. The summed E-state index contributed by atoms with van der Waals surface area (Å²) in [6.07, 6.45) is 4.38. The molecular weight excluding hydrogens is 352 g/mol. The fourth-order valence-electron chi connectivity index (χ4n) is 2.69. The lowest BCUT2D eigenvalue weighted by Gasteiger charge is -2.19. The summed E-state index contributed by atoms with van der Waals surface area (Å²) in [5.74, 6) is 0.853. The minimum atomic E-state index is -0.343. The third kappa shape index (κ3) is 4.89. The maximum absolute atomic E-state index is 12.6. The van der Waals surface area contributed by atoms with Crippen LogP contribution in [-0.2, 0) is 6.42 Å². The van der Waals surface area contributed by atoms with Crippen molar-refractivity contribution in [2.24, 2.45) is 0 Å². The SMILES string of the molecule is Cc1nc(C(=O)Nc2cccc(C#N)c2)cc(N(C)CCc2ccncc2)n1. The molecule has 1 aromatic carbocycles. The van der Waals surface area contributed by atoms with E-state index in [1.807, 2.05) is 24.1 Å². The van der Waals surface area contributed by atoms with Crippen LogP contribution in [0.3, 0.4) is 0 Å². The van der Waals surface area contributed by atoms with Crippen LogP contribution in [0.2, 0.25) is 0 Å². The molecule has 0 aliphatic heterocycles. The first-order valence-electron chi connectivity index (χ1n) is 8.82. The molecule has 0 radical (unpaired) electrons. The molecule has 3 rings (SSSR count). The largest absolute Gasteiger partial charge is 0.359 e. The predicted molar refractivity (Wildman–Crippen MR) is 107 cm³/mol. The third-order valence-electron chi connectivity index (χ3n) is 4.18. The van der Waals surface area contributed by atoms with E-state index >= 15 is 0 Å². The number of aromatic nitrogens is 3. The number of likely N-dealkylation sites (N-methyl/N-ethyl adjacent to an activating group) is 1. The van der Waals surface area contributed by atoms with Gasteiger partial charge < -0.3 is 10.2 Å². The zero-order valence-electron chi connectivity index (χ0n) is 15.8. The van der Waals surface area contributed by atoms with Crippen LogP contribution in [0.25, 0.3) is 0 Å². The molecule has 0 bridgehead atoms. The van der Waals surface area contributed by atoms with E-state index in [0.29, 0.717) is 22.9 Å². The molecular formula is C21H20N6O. The van der Waals surface area contributed by atoms with Crippen LogP contribution in [0, 0.1) is 18.3 Å². The van der Waals surface area contributed by atoms with E-state index in [2.05, 4.69) is 26.3 Å². The highest BCUT2D eigenvalue weighted by atomic mass is 16.1. The highest BCUT2D eigenvalue weighted by Crippen LogP contribution is 2.15. The van der Waals surface area contributed by atoms with Gasteiger partial charge in [0.25, 0.3) is 5.91 Å². The maximum atomic E-state index is 12.6. The molecule has 0 aliphatic rings. The van der Waals surface area contributed by atoms with Gasteiger partial charge in [-0.3, -0.25) is 9.78 Å². The van der Waals surface area contributed by atoms with E-state index in [1.54, 1.807) is 49.6 Å². The summed E-state index contributed by atoms with van der Waals surface area (Å²) in [7, 11) is 1.93. The summed E-state index contributed by atoms with van der Waals surface area (Å²) in [6.45, 7) is 2.50. The minimum absolute atomic E-state index is 0.278. The maximum Gasteiger partial charge on any atom is 0.274 e. The second-order valence-electron chi connectivity index (χ2n) is 6.33. The molecule has 0 spiro atoms. The number of anilines is 2. The van der Waals surface area contributed by atoms with Crippen molar-refractivity contribution in [3.63, 3.8) is 0 Å². The third-order valence-corrected chi connectivity index (χ3v) is 4.18. The zero-order valence-corrected chi connectivity index (χ0v) is 15.8. The van der Waals surface area contributed by atoms with Crippen LogP contribution >= 0.6 is 0 Å². The number of nitrogens with one attached hydrogen (secondary N) is 1. The van der Waals surface area contributed by atoms with Crippen molar-refractivity contribution >= 4 is 17.4 Å². The van der Waals surface area contributed by atoms with E-state index in [0.717, 1.165) is 13.0 Å². The van der Waals surface area contributed by atoms with Gasteiger partial charge in [0.1, 0.15) is 17.3 Å². The van der Waals surface area contributed by atoms with Crippen LogP contribution in [0.4, 0.5) is 11.5 Å².